The van der Waals surface area contributed by atoms with E-state index in [1.807, 2.05) is 13.8 Å². The average Bonchev–Trinajstić information content (AvgIpc) is 2.71. The lowest BCUT2D eigenvalue weighted by molar-refractivity contribution is -0.379. The minimum absolute atomic E-state index is 0.0178. The van der Waals surface area contributed by atoms with Crippen LogP contribution in [0.3, 0.4) is 0 Å². The van der Waals surface area contributed by atoms with Crippen LogP contribution >= 0.6 is 23.2 Å². The van der Waals surface area contributed by atoms with Crippen LogP contribution in [0, 0.1) is 23.7 Å². The van der Waals surface area contributed by atoms with Gasteiger partial charge in [-0.25, -0.2) is 0 Å². The highest BCUT2D eigenvalue weighted by Gasteiger charge is 2.46. The Kier molecular flexibility index (Phi) is 16.6. The van der Waals surface area contributed by atoms with Crippen LogP contribution in [0.2, 0.25) is 0 Å². The van der Waals surface area contributed by atoms with Crippen LogP contribution in [0.1, 0.15) is 94.9 Å². The van der Waals surface area contributed by atoms with Gasteiger partial charge in [-0.15, -0.1) is 23.2 Å². The average molecular weight is 508 g/mol. The van der Waals surface area contributed by atoms with Crippen molar-refractivity contribution in [2.75, 3.05) is 25.0 Å². The second-order valence-corrected chi connectivity index (χ2v) is 11.6. The van der Waals surface area contributed by atoms with Crippen molar-refractivity contribution in [2.24, 2.45) is 23.7 Å². The Balaban J connectivity index is 6.03. The zero-order chi connectivity index (χ0) is 25.7. The minimum atomic E-state index is -0.881. The van der Waals surface area contributed by atoms with E-state index in [1.165, 1.54) is 11.1 Å². The van der Waals surface area contributed by atoms with Crippen LogP contribution in [-0.2, 0) is 14.2 Å². The molecule has 4 unspecified atom stereocenters. The molecule has 4 atom stereocenters. The maximum absolute atomic E-state index is 6.89. The van der Waals surface area contributed by atoms with Crippen molar-refractivity contribution in [3.8, 4) is 0 Å². The molecule has 0 rings (SSSR count). The monoisotopic (exact) mass is 506 g/mol. The van der Waals surface area contributed by atoms with Crippen molar-refractivity contribution in [1.82, 2.24) is 0 Å². The van der Waals surface area contributed by atoms with E-state index in [0.29, 0.717) is 36.8 Å². The van der Waals surface area contributed by atoms with Gasteiger partial charge in [0.25, 0.3) is 0 Å². The molecule has 196 valence electrons. The van der Waals surface area contributed by atoms with Crippen LogP contribution in [0.4, 0.5) is 0 Å². The van der Waals surface area contributed by atoms with Gasteiger partial charge in [-0.1, -0.05) is 51.0 Å². The van der Waals surface area contributed by atoms with Gasteiger partial charge < -0.3 is 14.2 Å². The van der Waals surface area contributed by atoms with Crippen LogP contribution < -0.4 is 0 Å². The van der Waals surface area contributed by atoms with Crippen molar-refractivity contribution in [1.29, 1.82) is 0 Å². The van der Waals surface area contributed by atoms with Gasteiger partial charge in [-0.3, -0.25) is 0 Å². The highest BCUT2D eigenvalue weighted by Crippen LogP contribution is 2.39. The summed E-state index contributed by atoms with van der Waals surface area (Å²) in [5, 5.41) is 0. The fraction of sp³-hybridized carbons (Fsp3) is 0.857. The first-order chi connectivity index (χ1) is 15.3. The van der Waals surface area contributed by atoms with E-state index in [-0.39, 0.29) is 11.8 Å². The molecule has 0 aliphatic carbocycles. The molecule has 0 fully saturated rings. The van der Waals surface area contributed by atoms with Gasteiger partial charge >= 0.3 is 0 Å². The summed E-state index contributed by atoms with van der Waals surface area (Å²) < 4.78 is 19.9. The summed E-state index contributed by atoms with van der Waals surface area (Å²) in [4.78, 5) is 0. The molecule has 0 saturated heterocycles. The highest BCUT2D eigenvalue weighted by molar-refractivity contribution is 6.18. The Morgan fingerprint density at radius 3 is 1.27 bits per heavy atom. The van der Waals surface area contributed by atoms with E-state index < -0.39 is 11.6 Å². The number of hydrogen-bond acceptors (Lipinski definition) is 3. The lowest BCUT2D eigenvalue weighted by Gasteiger charge is -2.47. The number of hydrogen-bond donors (Lipinski definition) is 0. The number of alkyl halides is 2. The van der Waals surface area contributed by atoms with Crippen molar-refractivity contribution >= 4 is 23.2 Å². The molecule has 33 heavy (non-hydrogen) atoms. The molecule has 0 spiro atoms. The molecule has 0 saturated carbocycles. The van der Waals surface area contributed by atoms with Gasteiger partial charge in [0.15, 0.2) is 11.6 Å². The largest absolute Gasteiger partial charge is 0.349 e. The normalized spacial score (nSPS) is 17.4. The number of ether oxygens (including phenoxy) is 3. The zero-order valence-corrected chi connectivity index (χ0v) is 24.6. The Labute approximate surface area is 215 Å². The Morgan fingerprint density at radius 2 is 1.03 bits per heavy atom. The lowest BCUT2D eigenvalue weighted by Crippen LogP contribution is -2.54. The Bertz CT molecular complexity index is 530. The van der Waals surface area contributed by atoms with Gasteiger partial charge in [0.05, 0.1) is 13.2 Å². The molecule has 0 aromatic heterocycles. The predicted molar refractivity (Wildman–Crippen MR) is 145 cm³/mol. The van der Waals surface area contributed by atoms with Crippen LogP contribution in [0.25, 0.3) is 0 Å². The first-order valence-corrected chi connectivity index (χ1v) is 13.7. The fourth-order valence-corrected chi connectivity index (χ4v) is 4.50. The second-order valence-electron chi connectivity index (χ2n) is 11.0. The first kappa shape index (κ1) is 32.9. The van der Waals surface area contributed by atoms with Crippen molar-refractivity contribution in [2.45, 2.75) is 106 Å². The van der Waals surface area contributed by atoms with Crippen LogP contribution in [-0.4, -0.2) is 36.5 Å². The molecule has 0 aliphatic rings. The molecule has 0 N–H and O–H groups in total. The lowest BCUT2D eigenvalue weighted by atomic mass is 9.92. The van der Waals surface area contributed by atoms with Gasteiger partial charge in [-0.2, -0.15) is 0 Å². The van der Waals surface area contributed by atoms with E-state index in [4.69, 9.17) is 37.4 Å². The van der Waals surface area contributed by atoms with Crippen molar-refractivity contribution < 1.29 is 14.2 Å². The molecule has 0 aliphatic heterocycles. The third kappa shape index (κ3) is 13.6. The van der Waals surface area contributed by atoms with E-state index in [1.54, 1.807) is 0 Å². The van der Waals surface area contributed by atoms with Gasteiger partial charge in [0.1, 0.15) is 0 Å². The van der Waals surface area contributed by atoms with E-state index >= 15 is 0 Å². The zero-order valence-electron chi connectivity index (χ0n) is 23.1. The third-order valence-electron chi connectivity index (χ3n) is 5.80. The van der Waals surface area contributed by atoms with E-state index in [2.05, 4.69) is 67.5 Å². The molecule has 3 nitrogen and oxygen atoms in total. The summed E-state index contributed by atoms with van der Waals surface area (Å²) in [5.74, 6) is -0.0587. The maximum atomic E-state index is 6.89. The quantitative estimate of drug-likeness (QED) is 0.105. The maximum Gasteiger partial charge on any atom is 0.172 e. The summed E-state index contributed by atoms with van der Waals surface area (Å²) in [6.45, 7) is 22.3. The van der Waals surface area contributed by atoms with E-state index in [0.717, 1.165) is 25.7 Å². The van der Waals surface area contributed by atoms with Crippen LogP contribution in [0.15, 0.2) is 23.3 Å². The van der Waals surface area contributed by atoms with Gasteiger partial charge in [0, 0.05) is 23.6 Å². The standard InChI is InChI=1S/C28H52Cl2O3/c1-21(2)13-11-15-25(17-29)27(9,31-19-23(5)6)33-28(10,32-20-24(7)8)26(18-30)16-12-14-22(3)4/h13-14,23-26H,11-12,15-20H2,1-10H3. The van der Waals surface area contributed by atoms with Crippen molar-refractivity contribution in [3.63, 3.8) is 0 Å². The summed E-state index contributed by atoms with van der Waals surface area (Å²) in [7, 11) is 0. The summed E-state index contributed by atoms with van der Waals surface area (Å²) in [6.07, 6.45) is 8.13. The predicted octanol–water partition coefficient (Wildman–Crippen LogP) is 8.98. The number of allylic oxidation sites excluding steroid dienone is 4. The summed E-state index contributed by atoms with van der Waals surface area (Å²) in [5.41, 5.74) is 2.61. The smallest absolute Gasteiger partial charge is 0.172 e. The number of rotatable bonds is 18. The van der Waals surface area contributed by atoms with Gasteiger partial charge in [0.2, 0.25) is 0 Å². The molecule has 0 aromatic carbocycles. The third-order valence-corrected chi connectivity index (χ3v) is 6.55. The molecule has 0 radical (unpaired) electrons. The fourth-order valence-electron chi connectivity index (χ4n) is 3.63. The summed E-state index contributed by atoms with van der Waals surface area (Å²) in [6, 6.07) is 0. The molecule has 5 heteroatoms. The topological polar surface area (TPSA) is 27.7 Å². The molecule has 0 bridgehead atoms. The SMILES string of the molecule is CC(C)=CCCC(CCl)C(C)(OCC(C)C)OC(C)(OCC(C)C)C(CCl)CCC=C(C)C. The van der Waals surface area contributed by atoms with E-state index in [9.17, 15) is 0 Å². The molecule has 0 amide bonds. The first-order valence-electron chi connectivity index (χ1n) is 12.7. The molecular formula is C28H52Cl2O3. The highest BCUT2D eigenvalue weighted by atomic mass is 35.5. The molecule has 0 heterocycles. The molecular weight excluding hydrogens is 455 g/mol. The molecule has 0 aromatic rings. The Morgan fingerprint density at radius 1 is 0.697 bits per heavy atom. The van der Waals surface area contributed by atoms with Gasteiger partial charge in [-0.05, 0) is 79.1 Å². The van der Waals surface area contributed by atoms with Crippen molar-refractivity contribution in [3.05, 3.63) is 23.3 Å². The second kappa shape index (κ2) is 16.6. The van der Waals surface area contributed by atoms with Crippen LogP contribution in [0.5, 0.6) is 0 Å². The Hall–Kier alpha value is -0.0600. The summed E-state index contributed by atoms with van der Waals surface area (Å²) >= 11 is 13.0. The number of halogens is 2. The minimum Gasteiger partial charge on any atom is -0.349 e.